The molecule has 0 nitrogen and oxygen atoms in total. The number of halogens is 2. The van der Waals surface area contributed by atoms with E-state index in [1.54, 1.807) is 0 Å². The monoisotopic (exact) mass is 244 g/mol. The molecule has 0 unspecified atom stereocenters. The first kappa shape index (κ1) is 12.9. The smallest absolute Gasteiger partial charge is 0.0455 e. The summed E-state index contributed by atoms with van der Waals surface area (Å²) < 4.78 is 0. The van der Waals surface area contributed by atoms with Crippen LogP contribution in [0.4, 0.5) is 0 Å². The van der Waals surface area contributed by atoms with Crippen molar-refractivity contribution in [2.24, 2.45) is 0 Å². The van der Waals surface area contributed by atoms with E-state index in [2.05, 4.69) is 26.8 Å². The third-order valence-corrected chi connectivity index (χ3v) is 3.27. The lowest BCUT2D eigenvalue weighted by Crippen LogP contribution is -1.94. The zero-order valence-corrected chi connectivity index (χ0v) is 11.1. The molecule has 0 fully saturated rings. The van der Waals surface area contributed by atoms with E-state index in [4.69, 9.17) is 23.2 Å². The van der Waals surface area contributed by atoms with Crippen LogP contribution in [0.25, 0.3) is 0 Å². The van der Waals surface area contributed by atoms with Crippen molar-refractivity contribution in [3.63, 3.8) is 0 Å². The van der Waals surface area contributed by atoms with E-state index < -0.39 is 0 Å². The second kappa shape index (κ2) is 5.77. The highest BCUT2D eigenvalue weighted by Gasteiger charge is 2.09. The summed E-state index contributed by atoms with van der Waals surface area (Å²) >= 11 is 12.3. The molecular formula is C13H18Cl2. The standard InChI is InChI=1S/C13H18Cl2/c1-4-5-6-10-7-11(9(2)3)13(15)8-12(10)14/h7-9H,4-6H2,1-3H3. The lowest BCUT2D eigenvalue weighted by molar-refractivity contribution is 0.789. The predicted octanol–water partition coefficient (Wildman–Crippen LogP) is 5.46. The summed E-state index contributed by atoms with van der Waals surface area (Å²) in [5.41, 5.74) is 2.43. The summed E-state index contributed by atoms with van der Waals surface area (Å²) in [7, 11) is 0. The average Bonchev–Trinajstić information content (AvgIpc) is 2.16. The molecule has 84 valence electrons. The van der Waals surface area contributed by atoms with Gasteiger partial charge in [-0.1, -0.05) is 56.5 Å². The Balaban J connectivity index is 3.00. The topological polar surface area (TPSA) is 0 Å². The van der Waals surface area contributed by atoms with Crippen molar-refractivity contribution in [1.82, 2.24) is 0 Å². The van der Waals surface area contributed by atoms with Crippen LogP contribution >= 0.6 is 23.2 Å². The normalized spacial score (nSPS) is 11.1. The number of rotatable bonds is 4. The van der Waals surface area contributed by atoms with Crippen molar-refractivity contribution in [2.75, 3.05) is 0 Å². The zero-order chi connectivity index (χ0) is 11.4. The molecule has 0 N–H and O–H groups in total. The second-order valence-corrected chi connectivity index (χ2v) is 5.04. The minimum absolute atomic E-state index is 0.454. The number of hydrogen-bond acceptors (Lipinski definition) is 0. The maximum atomic E-state index is 6.16. The molecule has 1 aromatic rings. The number of hydrogen-bond donors (Lipinski definition) is 0. The van der Waals surface area contributed by atoms with Gasteiger partial charge in [0.05, 0.1) is 0 Å². The lowest BCUT2D eigenvalue weighted by atomic mass is 9.98. The second-order valence-electron chi connectivity index (χ2n) is 4.22. The summed E-state index contributed by atoms with van der Waals surface area (Å²) in [5, 5.41) is 1.59. The van der Waals surface area contributed by atoms with Crippen LogP contribution in [0.15, 0.2) is 12.1 Å². The molecule has 0 radical (unpaired) electrons. The molecule has 0 aliphatic heterocycles. The van der Waals surface area contributed by atoms with Crippen LogP contribution in [0.1, 0.15) is 50.7 Å². The Morgan fingerprint density at radius 2 is 1.80 bits per heavy atom. The van der Waals surface area contributed by atoms with Crippen LogP contribution in [0.5, 0.6) is 0 Å². The van der Waals surface area contributed by atoms with E-state index in [0.29, 0.717) is 5.92 Å². The van der Waals surface area contributed by atoms with Crippen LogP contribution in [-0.4, -0.2) is 0 Å². The van der Waals surface area contributed by atoms with Gasteiger partial charge in [-0.05, 0) is 36.0 Å². The molecule has 0 spiro atoms. The average molecular weight is 245 g/mol. The fraction of sp³-hybridized carbons (Fsp3) is 0.538. The molecule has 15 heavy (non-hydrogen) atoms. The first-order valence-corrected chi connectivity index (χ1v) is 6.29. The third kappa shape index (κ3) is 3.39. The Morgan fingerprint density at radius 1 is 1.13 bits per heavy atom. The molecule has 0 saturated heterocycles. The highest BCUT2D eigenvalue weighted by Crippen LogP contribution is 2.30. The van der Waals surface area contributed by atoms with Crippen molar-refractivity contribution in [3.05, 3.63) is 33.3 Å². The van der Waals surface area contributed by atoms with E-state index in [0.717, 1.165) is 16.5 Å². The molecule has 0 aliphatic rings. The molecule has 1 rings (SSSR count). The van der Waals surface area contributed by atoms with Crippen molar-refractivity contribution in [1.29, 1.82) is 0 Å². The molecule has 0 aliphatic carbocycles. The van der Waals surface area contributed by atoms with E-state index in [1.165, 1.54) is 24.0 Å². The van der Waals surface area contributed by atoms with Crippen molar-refractivity contribution in [3.8, 4) is 0 Å². The van der Waals surface area contributed by atoms with Crippen molar-refractivity contribution in [2.45, 2.75) is 46.0 Å². The molecule has 0 saturated carbocycles. The molecule has 0 atom stereocenters. The maximum absolute atomic E-state index is 6.16. The van der Waals surface area contributed by atoms with Gasteiger partial charge in [-0.2, -0.15) is 0 Å². The molecular weight excluding hydrogens is 227 g/mol. The highest BCUT2D eigenvalue weighted by atomic mass is 35.5. The molecule has 0 aromatic heterocycles. The van der Waals surface area contributed by atoms with Gasteiger partial charge in [-0.15, -0.1) is 0 Å². The van der Waals surface area contributed by atoms with Gasteiger partial charge in [0.25, 0.3) is 0 Å². The molecule has 0 heterocycles. The van der Waals surface area contributed by atoms with E-state index in [-0.39, 0.29) is 0 Å². The fourth-order valence-electron chi connectivity index (χ4n) is 1.61. The largest absolute Gasteiger partial charge is 0.0840 e. The summed E-state index contributed by atoms with van der Waals surface area (Å²) in [6.45, 7) is 6.49. The number of benzene rings is 1. The van der Waals surface area contributed by atoms with E-state index >= 15 is 0 Å². The van der Waals surface area contributed by atoms with Crippen LogP contribution < -0.4 is 0 Å². The molecule has 1 aromatic carbocycles. The van der Waals surface area contributed by atoms with Gasteiger partial charge < -0.3 is 0 Å². The predicted molar refractivity (Wildman–Crippen MR) is 69.2 cm³/mol. The van der Waals surface area contributed by atoms with E-state index in [1.807, 2.05) is 6.07 Å². The number of unbranched alkanes of at least 4 members (excludes halogenated alkanes) is 1. The van der Waals surface area contributed by atoms with Gasteiger partial charge in [-0.3, -0.25) is 0 Å². The molecule has 0 amide bonds. The van der Waals surface area contributed by atoms with Gasteiger partial charge in [0.2, 0.25) is 0 Å². The third-order valence-electron chi connectivity index (χ3n) is 2.59. The Hall–Kier alpha value is -0.200. The summed E-state index contributed by atoms with van der Waals surface area (Å²) in [5.74, 6) is 0.454. The summed E-state index contributed by atoms with van der Waals surface area (Å²) in [6.07, 6.45) is 3.42. The quantitative estimate of drug-likeness (QED) is 0.660. The SMILES string of the molecule is CCCCc1cc(C(C)C)c(Cl)cc1Cl. The minimum atomic E-state index is 0.454. The minimum Gasteiger partial charge on any atom is -0.0840 e. The van der Waals surface area contributed by atoms with Crippen LogP contribution in [0, 0.1) is 0 Å². The van der Waals surface area contributed by atoms with Gasteiger partial charge >= 0.3 is 0 Å². The Labute approximate surface area is 103 Å². The maximum Gasteiger partial charge on any atom is 0.0455 e. The van der Waals surface area contributed by atoms with Crippen molar-refractivity contribution >= 4 is 23.2 Å². The Bertz CT molecular complexity index is 330. The van der Waals surface area contributed by atoms with Crippen molar-refractivity contribution < 1.29 is 0 Å². The Kier molecular flexibility index (Phi) is 4.95. The summed E-state index contributed by atoms with van der Waals surface area (Å²) in [6, 6.07) is 4.04. The zero-order valence-electron chi connectivity index (χ0n) is 9.61. The molecule has 2 heteroatoms. The first-order chi connectivity index (χ1) is 7.06. The fourth-order valence-corrected chi connectivity index (χ4v) is 2.31. The summed E-state index contributed by atoms with van der Waals surface area (Å²) in [4.78, 5) is 0. The lowest BCUT2D eigenvalue weighted by Gasteiger charge is -2.12. The highest BCUT2D eigenvalue weighted by molar-refractivity contribution is 6.35. The van der Waals surface area contributed by atoms with Gasteiger partial charge in [0, 0.05) is 10.0 Å². The first-order valence-electron chi connectivity index (χ1n) is 5.54. The van der Waals surface area contributed by atoms with Crippen LogP contribution in [0.2, 0.25) is 10.0 Å². The van der Waals surface area contributed by atoms with Crippen LogP contribution in [-0.2, 0) is 6.42 Å². The van der Waals surface area contributed by atoms with Crippen LogP contribution in [0.3, 0.4) is 0 Å². The van der Waals surface area contributed by atoms with E-state index in [9.17, 15) is 0 Å². The van der Waals surface area contributed by atoms with Gasteiger partial charge in [0.1, 0.15) is 0 Å². The van der Waals surface area contributed by atoms with Gasteiger partial charge in [-0.25, -0.2) is 0 Å². The Morgan fingerprint density at radius 3 is 2.33 bits per heavy atom. The van der Waals surface area contributed by atoms with Gasteiger partial charge in [0.15, 0.2) is 0 Å². The number of aryl methyl sites for hydroxylation is 1. The molecule has 0 bridgehead atoms.